The predicted octanol–water partition coefficient (Wildman–Crippen LogP) is 8.44. The zero-order valence-corrected chi connectivity index (χ0v) is 29.5. The summed E-state index contributed by atoms with van der Waals surface area (Å²) in [7, 11) is 4.92. The summed E-state index contributed by atoms with van der Waals surface area (Å²) in [5.41, 5.74) is -2.27. The first-order valence-corrected chi connectivity index (χ1v) is 16.5. The van der Waals surface area contributed by atoms with Crippen LogP contribution >= 0.6 is 0 Å². The first-order chi connectivity index (χ1) is 25.3. The number of benzene rings is 4. The first-order valence-electron chi connectivity index (χ1n) is 16.5. The number of carbonyl (C=O) groups is 1. The maximum absolute atomic E-state index is 17.3. The van der Waals surface area contributed by atoms with Crippen LogP contribution < -0.4 is 4.90 Å². The second kappa shape index (κ2) is 14.0. The first kappa shape index (κ1) is 36.5. The summed E-state index contributed by atoms with van der Waals surface area (Å²) in [6.45, 7) is 3.18. The van der Waals surface area contributed by atoms with Crippen molar-refractivity contribution < 1.29 is 37.1 Å². The van der Waals surface area contributed by atoms with E-state index in [9.17, 15) is 20.4 Å². The molecule has 4 aromatic carbocycles. The number of carboxylic acid groups (broad SMARTS) is 1. The Bertz CT molecular complexity index is 2360. The molecule has 0 amide bonds. The zero-order valence-electron chi connectivity index (χ0n) is 29.5. The van der Waals surface area contributed by atoms with E-state index in [0.717, 1.165) is 29.9 Å². The average Bonchev–Trinajstić information content (AvgIpc) is 3.18. The van der Waals surface area contributed by atoms with Crippen LogP contribution in [0, 0.1) is 40.1 Å². The minimum atomic E-state index is -3.04. The largest absolute Gasteiger partial charge is 0.478 e. The Morgan fingerprint density at radius 1 is 0.925 bits per heavy atom. The Morgan fingerprint density at radius 3 is 2.17 bits per heavy atom. The number of para-hydroxylation sites is 2. The molecule has 2 aliphatic rings. The van der Waals surface area contributed by atoms with E-state index in [0.29, 0.717) is 22.3 Å². The third-order valence-electron chi connectivity index (χ3n) is 9.80. The number of nitriles is 2. The lowest BCUT2D eigenvalue weighted by molar-refractivity contribution is -0.403. The fourth-order valence-corrected chi connectivity index (χ4v) is 6.94. The molecule has 0 atom stereocenters. The lowest BCUT2D eigenvalue weighted by atomic mass is 9.63. The standard InChI is InChI=1S/C42H33F3N4O4/c1-41(2)31-20-27(48(3)25-12-8-6-9-13-25)16-18-29(31)33(30-19-17-28(21-32(30)41)49(4)26-14-10-7-11-15-26)34-35(40(50)51)38(44)39(45)36(37(34)43)42(22-46,23-47)53-24-52-5/h6-21H,24H2,1-5H3/p+1. The Balaban J connectivity index is 1.75. The summed E-state index contributed by atoms with van der Waals surface area (Å²) in [5, 5.41) is 30.5. The van der Waals surface area contributed by atoms with E-state index in [1.54, 1.807) is 24.3 Å². The van der Waals surface area contributed by atoms with Crippen molar-refractivity contribution in [2.45, 2.75) is 24.9 Å². The van der Waals surface area contributed by atoms with Gasteiger partial charge in [0.15, 0.2) is 11.6 Å². The zero-order chi connectivity index (χ0) is 38.2. The van der Waals surface area contributed by atoms with Gasteiger partial charge in [-0.3, -0.25) is 0 Å². The molecule has 0 fully saturated rings. The van der Waals surface area contributed by atoms with Crippen molar-refractivity contribution in [2.24, 2.45) is 0 Å². The molecule has 0 heterocycles. The molecule has 0 bridgehead atoms. The van der Waals surface area contributed by atoms with Gasteiger partial charge in [0.2, 0.25) is 11.4 Å². The predicted molar refractivity (Wildman–Crippen MR) is 194 cm³/mol. The van der Waals surface area contributed by atoms with Gasteiger partial charge in [-0.05, 0) is 52.6 Å². The topological polar surface area (TPSA) is 110 Å². The lowest BCUT2D eigenvalue weighted by Crippen LogP contribution is -2.33. The average molecular weight is 716 g/mol. The molecule has 6 rings (SSSR count). The summed E-state index contributed by atoms with van der Waals surface area (Å²) >= 11 is 0. The van der Waals surface area contributed by atoms with E-state index in [1.165, 1.54) is 12.1 Å². The molecule has 11 heteroatoms. The summed E-state index contributed by atoms with van der Waals surface area (Å²) in [6, 6.07) is 27.4. The number of aromatic carboxylic acids is 1. The Kier molecular flexibility index (Phi) is 9.67. The fourth-order valence-electron chi connectivity index (χ4n) is 6.94. The molecule has 0 unspecified atom stereocenters. The molecule has 0 spiro atoms. The number of nitrogens with zero attached hydrogens (tertiary/aromatic N) is 4. The van der Waals surface area contributed by atoms with Crippen LogP contribution in [0.3, 0.4) is 0 Å². The van der Waals surface area contributed by atoms with E-state index >= 15 is 13.2 Å². The molecule has 4 aromatic rings. The number of fused-ring (bicyclic) bond motifs is 2. The van der Waals surface area contributed by atoms with Crippen molar-refractivity contribution >= 4 is 34.3 Å². The second-order valence-electron chi connectivity index (χ2n) is 13.1. The normalized spacial score (nSPS) is 15.5. The van der Waals surface area contributed by atoms with Crippen molar-refractivity contribution in [2.75, 3.05) is 32.9 Å². The maximum atomic E-state index is 17.3. The molecule has 0 saturated carbocycles. The number of ether oxygens (including phenoxy) is 2. The van der Waals surface area contributed by atoms with Crippen molar-refractivity contribution in [3.63, 3.8) is 0 Å². The van der Waals surface area contributed by atoms with Crippen LogP contribution in [0.5, 0.6) is 0 Å². The molecular weight excluding hydrogens is 681 g/mol. The van der Waals surface area contributed by atoms with Crippen molar-refractivity contribution in [1.82, 2.24) is 0 Å². The number of rotatable bonds is 9. The lowest BCUT2D eigenvalue weighted by Gasteiger charge is -2.40. The van der Waals surface area contributed by atoms with Gasteiger partial charge in [0.1, 0.15) is 37.4 Å². The molecule has 0 radical (unpaired) electrons. The van der Waals surface area contributed by atoms with E-state index in [1.807, 2.05) is 110 Å². The number of hydrogen-bond acceptors (Lipinski definition) is 6. The monoisotopic (exact) mass is 715 g/mol. The van der Waals surface area contributed by atoms with Gasteiger partial charge >= 0.3 is 5.97 Å². The highest BCUT2D eigenvalue weighted by Gasteiger charge is 2.47. The highest BCUT2D eigenvalue weighted by atomic mass is 19.2. The van der Waals surface area contributed by atoms with Crippen molar-refractivity contribution in [1.29, 1.82) is 10.5 Å². The van der Waals surface area contributed by atoms with Crippen LogP contribution in [-0.2, 0) is 20.5 Å². The number of halogens is 3. The maximum Gasteiger partial charge on any atom is 0.339 e. The van der Waals surface area contributed by atoms with Gasteiger partial charge in [-0.25, -0.2) is 18.0 Å². The molecule has 53 heavy (non-hydrogen) atoms. The second-order valence-corrected chi connectivity index (χ2v) is 13.1. The third kappa shape index (κ3) is 6.00. The Morgan fingerprint density at radius 2 is 1.57 bits per heavy atom. The molecule has 266 valence electrons. The molecule has 0 aromatic heterocycles. The van der Waals surface area contributed by atoms with Crippen LogP contribution in [0.25, 0.3) is 5.57 Å². The van der Waals surface area contributed by atoms with Crippen LogP contribution in [0.2, 0.25) is 0 Å². The molecule has 1 N–H and O–H groups in total. The summed E-state index contributed by atoms with van der Waals surface area (Å²) in [5.74, 6) is -7.59. The van der Waals surface area contributed by atoms with Crippen LogP contribution in [0.1, 0.15) is 46.5 Å². The van der Waals surface area contributed by atoms with E-state index in [-0.39, 0.29) is 5.57 Å². The van der Waals surface area contributed by atoms with E-state index in [2.05, 4.69) is 0 Å². The van der Waals surface area contributed by atoms with Gasteiger partial charge in [-0.2, -0.15) is 15.1 Å². The van der Waals surface area contributed by atoms with Crippen LogP contribution in [0.15, 0.2) is 108 Å². The number of carboxylic acids is 1. The highest BCUT2D eigenvalue weighted by molar-refractivity contribution is 6.08. The van der Waals surface area contributed by atoms with Gasteiger partial charge in [0.25, 0.3) is 5.60 Å². The molecule has 2 aliphatic carbocycles. The third-order valence-corrected chi connectivity index (χ3v) is 9.80. The Labute approximate surface area is 304 Å². The van der Waals surface area contributed by atoms with Gasteiger partial charge in [0, 0.05) is 66.4 Å². The number of allylic oxidation sites excluding steroid dienone is 5. The molecule has 0 aliphatic heterocycles. The van der Waals surface area contributed by atoms with Crippen LogP contribution in [0.4, 0.5) is 30.2 Å². The van der Waals surface area contributed by atoms with Gasteiger partial charge in [-0.1, -0.05) is 56.3 Å². The highest BCUT2D eigenvalue weighted by Crippen LogP contribution is 2.53. The van der Waals surface area contributed by atoms with Crippen LogP contribution in [-0.4, -0.2) is 49.4 Å². The number of hydrogen-bond donors (Lipinski definition) is 1. The quantitative estimate of drug-likeness (QED) is 0.105. The minimum Gasteiger partial charge on any atom is -0.478 e. The summed E-state index contributed by atoms with van der Waals surface area (Å²) in [4.78, 5) is 14.8. The summed E-state index contributed by atoms with van der Waals surface area (Å²) < 4.78 is 61.4. The SMILES string of the molecule is COCOC(C#N)(C#N)c1c(F)c(F)c(C(=O)O)c(C2=C3C=CC(=[N+](C)c4ccccc4)C=C3C(C)(C)c3cc(N(C)c4ccccc4)ccc32)c1F. The smallest absolute Gasteiger partial charge is 0.339 e. The van der Waals surface area contributed by atoms with Gasteiger partial charge in [0.05, 0.1) is 5.56 Å². The fraction of sp³-hybridized carbons (Fsp3) is 0.190. The molecule has 0 saturated heterocycles. The molecular formula is C42H34F3N4O4+. The molecule has 8 nitrogen and oxygen atoms in total. The number of anilines is 2. The van der Waals surface area contributed by atoms with Gasteiger partial charge < -0.3 is 19.5 Å². The summed E-state index contributed by atoms with van der Waals surface area (Å²) in [6.07, 6.45) is 5.35. The number of methoxy groups -OCH3 is 1. The Hall–Kier alpha value is -6.27. The van der Waals surface area contributed by atoms with E-state index < -0.39 is 57.9 Å². The van der Waals surface area contributed by atoms with Crippen molar-refractivity contribution in [3.05, 3.63) is 154 Å². The van der Waals surface area contributed by atoms with E-state index in [4.69, 9.17) is 9.47 Å². The van der Waals surface area contributed by atoms with Crippen molar-refractivity contribution in [3.8, 4) is 12.1 Å². The minimum absolute atomic E-state index is 0.0660. The van der Waals surface area contributed by atoms with Gasteiger partial charge in [-0.15, -0.1) is 0 Å².